The minimum atomic E-state index is -3.99. The van der Waals surface area contributed by atoms with Crippen molar-refractivity contribution in [3.05, 3.63) is 66.4 Å². The van der Waals surface area contributed by atoms with Gasteiger partial charge in [0.15, 0.2) is 0 Å². The zero-order valence-electron chi connectivity index (χ0n) is 15.7. The van der Waals surface area contributed by atoms with E-state index in [1.165, 1.54) is 12.1 Å². The van der Waals surface area contributed by atoms with Crippen LogP contribution in [0.1, 0.15) is 31.3 Å². The number of pyridine rings is 1. The largest absolute Gasteiger partial charge is 0.334 e. The molecule has 28 heavy (non-hydrogen) atoms. The van der Waals surface area contributed by atoms with Crippen LogP contribution in [0.4, 0.5) is 10.6 Å². The summed E-state index contributed by atoms with van der Waals surface area (Å²) < 4.78 is 28.6. The molecule has 0 atom stereocenters. The number of imidazole rings is 1. The Morgan fingerprint density at radius 3 is 2.32 bits per heavy atom. The van der Waals surface area contributed by atoms with Gasteiger partial charge >= 0.3 is 6.03 Å². The van der Waals surface area contributed by atoms with Gasteiger partial charge in [0.2, 0.25) is 0 Å². The Hall–Kier alpha value is -3.20. The average molecular weight is 399 g/mol. The molecule has 0 fully saturated rings. The topological polar surface area (TPSA) is 106 Å². The first-order valence-electron chi connectivity index (χ1n) is 8.68. The summed E-state index contributed by atoms with van der Waals surface area (Å²) in [6.07, 6.45) is 3.26. The lowest BCUT2D eigenvalue weighted by molar-refractivity contribution is 0.256. The predicted molar refractivity (Wildman–Crippen MR) is 106 cm³/mol. The number of nitrogens with one attached hydrogen (secondary N) is 2. The number of anilines is 1. The van der Waals surface area contributed by atoms with Gasteiger partial charge in [0, 0.05) is 12.4 Å². The van der Waals surface area contributed by atoms with Crippen molar-refractivity contribution in [2.24, 2.45) is 0 Å². The summed E-state index contributed by atoms with van der Waals surface area (Å²) >= 11 is 0. The molecule has 8 nitrogen and oxygen atoms in total. The number of sulfonamides is 1. The van der Waals surface area contributed by atoms with Crippen molar-refractivity contribution in [3.63, 3.8) is 0 Å². The van der Waals surface area contributed by atoms with Gasteiger partial charge in [-0.3, -0.25) is 14.9 Å². The van der Waals surface area contributed by atoms with E-state index in [1.54, 1.807) is 47.3 Å². The number of amides is 2. The van der Waals surface area contributed by atoms with Crippen LogP contribution in [0.25, 0.3) is 5.69 Å². The standard InChI is InChI=1S/C19H21N5O3S/c1-13(2)17-18(24(14(3)21-17)15-9-11-20-12-10-15)22-19(25)23-28(26,27)16-7-5-4-6-8-16/h4-13H,1-3H3,(H2,22,23,25). The van der Waals surface area contributed by atoms with Crippen LogP contribution in [0.2, 0.25) is 0 Å². The molecular formula is C19H21N5O3S. The van der Waals surface area contributed by atoms with Gasteiger partial charge in [-0.25, -0.2) is 22.9 Å². The lowest BCUT2D eigenvalue weighted by Crippen LogP contribution is -2.35. The molecular weight excluding hydrogens is 378 g/mol. The molecule has 0 spiro atoms. The molecule has 0 aliphatic carbocycles. The number of hydrogen-bond acceptors (Lipinski definition) is 5. The van der Waals surface area contributed by atoms with Gasteiger partial charge in [0.05, 0.1) is 16.3 Å². The van der Waals surface area contributed by atoms with Crippen LogP contribution in [0, 0.1) is 6.92 Å². The summed E-state index contributed by atoms with van der Waals surface area (Å²) in [6.45, 7) is 5.71. The molecule has 0 unspecified atom stereocenters. The zero-order valence-corrected chi connectivity index (χ0v) is 16.6. The lowest BCUT2D eigenvalue weighted by atomic mass is 10.1. The Kier molecular flexibility index (Phi) is 5.46. The van der Waals surface area contributed by atoms with E-state index in [4.69, 9.17) is 0 Å². The molecule has 1 aromatic carbocycles. The van der Waals surface area contributed by atoms with Gasteiger partial charge in [-0.05, 0) is 37.1 Å². The van der Waals surface area contributed by atoms with E-state index >= 15 is 0 Å². The Morgan fingerprint density at radius 2 is 1.71 bits per heavy atom. The molecule has 2 aromatic heterocycles. The summed E-state index contributed by atoms with van der Waals surface area (Å²) in [5, 5.41) is 2.66. The number of nitrogens with zero attached hydrogens (tertiary/aromatic N) is 3. The SMILES string of the molecule is Cc1nc(C(C)C)c(NC(=O)NS(=O)(=O)c2ccccc2)n1-c1ccncc1. The number of urea groups is 1. The van der Waals surface area contributed by atoms with E-state index in [0.29, 0.717) is 17.3 Å². The van der Waals surface area contributed by atoms with Crippen molar-refractivity contribution < 1.29 is 13.2 Å². The number of carbonyl (C=O) groups excluding carboxylic acids is 1. The van der Waals surface area contributed by atoms with Gasteiger partial charge in [0.25, 0.3) is 10.0 Å². The van der Waals surface area contributed by atoms with Crippen LogP contribution in [0.3, 0.4) is 0 Å². The highest BCUT2D eigenvalue weighted by atomic mass is 32.2. The predicted octanol–water partition coefficient (Wildman–Crippen LogP) is 3.21. The van der Waals surface area contributed by atoms with E-state index in [-0.39, 0.29) is 10.8 Å². The Balaban J connectivity index is 1.94. The summed E-state index contributed by atoms with van der Waals surface area (Å²) in [4.78, 5) is 21.1. The van der Waals surface area contributed by atoms with Crippen LogP contribution in [0.15, 0.2) is 59.8 Å². The summed E-state index contributed by atoms with van der Waals surface area (Å²) in [5.74, 6) is 1.10. The van der Waals surface area contributed by atoms with Gasteiger partial charge in [-0.15, -0.1) is 0 Å². The quantitative estimate of drug-likeness (QED) is 0.685. The highest BCUT2D eigenvalue weighted by molar-refractivity contribution is 7.90. The van der Waals surface area contributed by atoms with Gasteiger partial charge in [-0.1, -0.05) is 32.0 Å². The lowest BCUT2D eigenvalue weighted by Gasteiger charge is -2.14. The number of carbonyl (C=O) groups is 1. The molecule has 2 amide bonds. The van der Waals surface area contributed by atoms with Crippen LogP contribution in [-0.4, -0.2) is 29.0 Å². The molecule has 0 aliphatic rings. The van der Waals surface area contributed by atoms with E-state index in [2.05, 4.69) is 15.3 Å². The monoisotopic (exact) mass is 399 g/mol. The first-order valence-corrected chi connectivity index (χ1v) is 10.2. The van der Waals surface area contributed by atoms with Crippen molar-refractivity contribution >= 4 is 21.9 Å². The van der Waals surface area contributed by atoms with E-state index < -0.39 is 16.1 Å². The average Bonchev–Trinajstić information content (AvgIpc) is 2.99. The molecule has 3 rings (SSSR count). The molecule has 0 saturated heterocycles. The molecule has 3 aromatic rings. The number of benzene rings is 1. The second kappa shape index (κ2) is 7.81. The molecule has 0 bridgehead atoms. The Morgan fingerprint density at radius 1 is 1.07 bits per heavy atom. The minimum absolute atomic E-state index is 0.00746. The smallest absolute Gasteiger partial charge is 0.291 e. The molecule has 0 radical (unpaired) electrons. The first kappa shape index (κ1) is 19.6. The van der Waals surface area contributed by atoms with Crippen molar-refractivity contribution in [3.8, 4) is 5.69 Å². The molecule has 9 heteroatoms. The normalized spacial score (nSPS) is 11.4. The summed E-state index contributed by atoms with van der Waals surface area (Å²) in [5.41, 5.74) is 1.41. The molecule has 2 heterocycles. The third-order valence-electron chi connectivity index (χ3n) is 4.05. The number of hydrogen-bond donors (Lipinski definition) is 2. The molecule has 0 aliphatic heterocycles. The van der Waals surface area contributed by atoms with Gasteiger partial charge < -0.3 is 0 Å². The van der Waals surface area contributed by atoms with Crippen LogP contribution < -0.4 is 10.0 Å². The Bertz CT molecular complexity index is 1080. The number of aromatic nitrogens is 3. The third kappa shape index (κ3) is 4.04. The minimum Gasteiger partial charge on any atom is -0.291 e. The van der Waals surface area contributed by atoms with Crippen molar-refractivity contribution in [2.75, 3.05) is 5.32 Å². The molecule has 146 valence electrons. The van der Waals surface area contributed by atoms with Gasteiger partial charge in [-0.2, -0.15) is 0 Å². The summed E-state index contributed by atoms with van der Waals surface area (Å²) in [7, 11) is -3.99. The van der Waals surface area contributed by atoms with Crippen molar-refractivity contribution in [1.29, 1.82) is 0 Å². The maximum Gasteiger partial charge on any atom is 0.334 e. The van der Waals surface area contributed by atoms with E-state index in [1.807, 2.05) is 25.5 Å². The van der Waals surface area contributed by atoms with Gasteiger partial charge in [0.1, 0.15) is 11.6 Å². The summed E-state index contributed by atoms with van der Waals surface area (Å²) in [6, 6.07) is 10.4. The molecule has 2 N–H and O–H groups in total. The van der Waals surface area contributed by atoms with Crippen LogP contribution >= 0.6 is 0 Å². The van der Waals surface area contributed by atoms with Crippen LogP contribution in [0.5, 0.6) is 0 Å². The van der Waals surface area contributed by atoms with E-state index in [9.17, 15) is 13.2 Å². The highest BCUT2D eigenvalue weighted by Crippen LogP contribution is 2.28. The fourth-order valence-electron chi connectivity index (χ4n) is 2.80. The van der Waals surface area contributed by atoms with Crippen LogP contribution in [-0.2, 0) is 10.0 Å². The second-order valence-corrected chi connectivity index (χ2v) is 8.14. The number of rotatable bonds is 5. The van der Waals surface area contributed by atoms with Crippen molar-refractivity contribution in [2.45, 2.75) is 31.6 Å². The fraction of sp³-hybridized carbons (Fsp3) is 0.211. The highest BCUT2D eigenvalue weighted by Gasteiger charge is 2.23. The molecule has 0 saturated carbocycles. The number of aryl methyl sites for hydroxylation is 1. The first-order chi connectivity index (χ1) is 13.3. The second-order valence-electron chi connectivity index (χ2n) is 6.46. The maximum absolute atomic E-state index is 12.5. The zero-order chi connectivity index (χ0) is 20.3. The maximum atomic E-state index is 12.5. The Labute approximate surface area is 163 Å². The fourth-order valence-corrected chi connectivity index (χ4v) is 3.73. The van der Waals surface area contributed by atoms with E-state index in [0.717, 1.165) is 5.69 Å². The van der Waals surface area contributed by atoms with Crippen molar-refractivity contribution in [1.82, 2.24) is 19.3 Å². The third-order valence-corrected chi connectivity index (χ3v) is 5.40.